The molecule has 4 nitrogen and oxygen atoms in total. The van der Waals surface area contributed by atoms with Crippen molar-refractivity contribution < 1.29 is 0 Å². The summed E-state index contributed by atoms with van der Waals surface area (Å²) in [5.74, 6) is 0. The van der Waals surface area contributed by atoms with Crippen LogP contribution in [0.1, 0.15) is 27.8 Å². The zero-order chi connectivity index (χ0) is 25.2. The third-order valence-corrected chi connectivity index (χ3v) is 8.97. The third-order valence-electron chi connectivity index (χ3n) is 7.88. The first-order valence-corrected chi connectivity index (χ1v) is 13.6. The second kappa shape index (κ2) is 8.17. The zero-order valence-electron chi connectivity index (χ0n) is 20.4. The van der Waals surface area contributed by atoms with Gasteiger partial charge in [-0.3, -0.25) is 0 Å². The second-order valence-electron chi connectivity index (χ2n) is 9.95. The Morgan fingerprint density at radius 3 is 2.58 bits per heavy atom. The molecule has 8 rings (SSSR count). The van der Waals surface area contributed by atoms with E-state index >= 15 is 0 Å². The van der Waals surface area contributed by atoms with Crippen LogP contribution in [0.2, 0.25) is 0 Å². The van der Waals surface area contributed by atoms with Crippen molar-refractivity contribution in [1.82, 2.24) is 0 Å². The summed E-state index contributed by atoms with van der Waals surface area (Å²) in [4.78, 5) is 7.89. The minimum absolute atomic E-state index is 0.161. The molecule has 0 spiro atoms. The van der Waals surface area contributed by atoms with Gasteiger partial charge >= 0.3 is 0 Å². The van der Waals surface area contributed by atoms with Crippen molar-refractivity contribution in [3.05, 3.63) is 125 Å². The predicted molar refractivity (Wildman–Crippen MR) is 157 cm³/mol. The molecule has 0 saturated carbocycles. The topological polar surface area (TPSA) is 51.4 Å². The summed E-state index contributed by atoms with van der Waals surface area (Å²) in [5.41, 5.74) is 10.2. The quantitative estimate of drug-likeness (QED) is 0.268. The van der Waals surface area contributed by atoms with E-state index in [-0.39, 0.29) is 12.2 Å². The van der Waals surface area contributed by atoms with Crippen molar-refractivity contribution in [2.24, 2.45) is 4.99 Å². The number of thiophene rings is 1. The van der Waals surface area contributed by atoms with Gasteiger partial charge in [-0.15, -0.1) is 11.3 Å². The van der Waals surface area contributed by atoms with Crippen molar-refractivity contribution in [3.8, 4) is 6.07 Å². The Morgan fingerprint density at radius 2 is 1.68 bits per heavy atom. The number of nitrogens with one attached hydrogen (secondary N) is 1. The number of nitrogens with zero attached hydrogens (tertiary/aromatic N) is 3. The molecule has 5 heteroatoms. The molecule has 0 bridgehead atoms. The lowest BCUT2D eigenvalue weighted by atomic mass is 9.87. The van der Waals surface area contributed by atoms with Crippen molar-refractivity contribution >= 4 is 55.2 Å². The van der Waals surface area contributed by atoms with Crippen molar-refractivity contribution in [2.75, 3.05) is 10.2 Å². The summed E-state index contributed by atoms with van der Waals surface area (Å²) in [6.45, 7) is 0. The molecule has 1 N–H and O–H groups in total. The lowest BCUT2D eigenvalue weighted by Crippen LogP contribution is -2.52. The second-order valence-corrected chi connectivity index (χ2v) is 11.0. The van der Waals surface area contributed by atoms with E-state index in [1.165, 1.54) is 38.0 Å². The van der Waals surface area contributed by atoms with Gasteiger partial charge in [-0.05, 0) is 53.5 Å². The Kier molecular flexibility index (Phi) is 4.61. The summed E-state index contributed by atoms with van der Waals surface area (Å²) >= 11 is 1.76. The van der Waals surface area contributed by atoms with E-state index in [2.05, 4.69) is 95.2 Å². The first kappa shape index (κ1) is 21.4. The predicted octanol–water partition coefficient (Wildman–Crippen LogP) is 7.63. The molecule has 0 amide bonds. The number of para-hydroxylation sites is 1. The van der Waals surface area contributed by atoms with Gasteiger partial charge in [0.2, 0.25) is 0 Å². The van der Waals surface area contributed by atoms with Crippen LogP contribution in [0.3, 0.4) is 0 Å². The first-order chi connectivity index (χ1) is 18.8. The third kappa shape index (κ3) is 3.11. The van der Waals surface area contributed by atoms with Crippen LogP contribution in [0.5, 0.6) is 0 Å². The lowest BCUT2D eigenvalue weighted by Gasteiger charge is -2.40. The van der Waals surface area contributed by atoms with Gasteiger partial charge < -0.3 is 10.2 Å². The maximum Gasteiger partial charge on any atom is 0.145 e. The number of anilines is 2. The van der Waals surface area contributed by atoms with Crippen LogP contribution >= 0.6 is 11.3 Å². The monoisotopic (exact) mass is 506 g/mol. The minimum Gasteiger partial charge on any atom is -0.350 e. The fraction of sp³-hybridized carbons (Fsp3) is 0.0909. The van der Waals surface area contributed by atoms with Crippen LogP contribution in [0.4, 0.5) is 16.4 Å². The minimum atomic E-state index is -0.161. The van der Waals surface area contributed by atoms with Crippen LogP contribution in [0.25, 0.3) is 21.7 Å². The summed E-state index contributed by atoms with van der Waals surface area (Å²) in [6.07, 6.45) is 3.15. The normalized spacial score (nSPS) is 18.9. The number of hydrogen-bond donors (Lipinski definition) is 1. The summed E-state index contributed by atoms with van der Waals surface area (Å²) in [7, 11) is 0. The van der Waals surface area contributed by atoms with Gasteiger partial charge in [0.25, 0.3) is 0 Å². The zero-order valence-corrected chi connectivity index (χ0v) is 21.2. The molecule has 0 saturated heterocycles. The van der Waals surface area contributed by atoms with E-state index in [0.717, 1.165) is 28.4 Å². The lowest BCUT2D eigenvalue weighted by molar-refractivity contribution is 0.690. The Bertz CT molecular complexity index is 1850. The van der Waals surface area contributed by atoms with Crippen LogP contribution in [-0.4, -0.2) is 17.9 Å². The van der Waals surface area contributed by atoms with Gasteiger partial charge in [0.05, 0.1) is 23.4 Å². The van der Waals surface area contributed by atoms with Crippen LogP contribution in [-0.2, 0) is 6.42 Å². The molecule has 1 aliphatic carbocycles. The highest BCUT2D eigenvalue weighted by atomic mass is 32.1. The molecule has 2 unspecified atom stereocenters. The van der Waals surface area contributed by atoms with E-state index in [1.54, 1.807) is 11.3 Å². The number of nitriles is 1. The fourth-order valence-corrected chi connectivity index (χ4v) is 7.20. The molecule has 4 aromatic carbocycles. The van der Waals surface area contributed by atoms with E-state index in [0.29, 0.717) is 5.56 Å². The van der Waals surface area contributed by atoms with Gasteiger partial charge in [-0.25, -0.2) is 4.99 Å². The maximum absolute atomic E-state index is 9.40. The van der Waals surface area contributed by atoms with Crippen LogP contribution < -0.4 is 10.2 Å². The van der Waals surface area contributed by atoms with Crippen molar-refractivity contribution in [3.63, 3.8) is 0 Å². The Morgan fingerprint density at radius 1 is 0.895 bits per heavy atom. The van der Waals surface area contributed by atoms with E-state index in [9.17, 15) is 5.26 Å². The van der Waals surface area contributed by atoms with Crippen molar-refractivity contribution in [1.29, 1.82) is 5.26 Å². The molecule has 5 aromatic rings. The highest BCUT2D eigenvalue weighted by Crippen LogP contribution is 2.50. The average Bonchev–Trinajstić information content (AvgIpc) is 3.50. The van der Waals surface area contributed by atoms with E-state index in [4.69, 9.17) is 4.99 Å². The smallest absolute Gasteiger partial charge is 0.145 e. The molecule has 2 atom stereocenters. The van der Waals surface area contributed by atoms with Gasteiger partial charge in [-0.1, -0.05) is 72.8 Å². The summed E-state index contributed by atoms with van der Waals surface area (Å²) < 4.78 is 1.22. The summed E-state index contributed by atoms with van der Waals surface area (Å²) in [5, 5.41) is 15.6. The Hall–Kier alpha value is -4.66. The fourth-order valence-electron chi connectivity index (χ4n) is 6.13. The highest BCUT2D eigenvalue weighted by molar-refractivity contribution is 7.23. The molecule has 180 valence electrons. The molecular formula is C33H22N4S. The van der Waals surface area contributed by atoms with Gasteiger partial charge in [0.15, 0.2) is 0 Å². The molecule has 2 aliphatic heterocycles. The molecule has 3 heterocycles. The highest BCUT2D eigenvalue weighted by Gasteiger charge is 2.43. The number of benzene rings is 4. The Balaban J connectivity index is 1.33. The van der Waals surface area contributed by atoms with Crippen LogP contribution in [0.15, 0.2) is 102 Å². The molecule has 3 aliphatic rings. The first-order valence-electron chi connectivity index (χ1n) is 12.8. The SMILES string of the molecule is N#Cc1ccc(C2=Nc3c(sc4ccccc34)NC2N2c3ccccc3C3=Cc4ccccc4CC32)cc1. The largest absolute Gasteiger partial charge is 0.350 e. The van der Waals surface area contributed by atoms with Gasteiger partial charge in [-0.2, -0.15) is 5.26 Å². The van der Waals surface area contributed by atoms with Gasteiger partial charge in [0, 0.05) is 26.9 Å². The van der Waals surface area contributed by atoms with Crippen molar-refractivity contribution in [2.45, 2.75) is 18.6 Å². The molecule has 0 fully saturated rings. The van der Waals surface area contributed by atoms with Crippen LogP contribution in [0, 0.1) is 11.3 Å². The number of fused-ring (bicyclic) bond motifs is 7. The van der Waals surface area contributed by atoms with E-state index in [1.807, 2.05) is 24.3 Å². The molecule has 38 heavy (non-hydrogen) atoms. The standard InChI is InChI=1S/C33H22N4S/c34-19-20-13-15-21(16-14-20)30-32(36-33-31(35-30)25-10-4-6-12-29(25)38-33)37-27-11-5-3-9-24(27)26-17-22-7-1-2-8-23(22)18-28(26)37/h1-17,28,32,36H,18H2. The molecular weight excluding hydrogens is 484 g/mol. The summed E-state index contributed by atoms with van der Waals surface area (Å²) in [6, 6.07) is 36.2. The maximum atomic E-state index is 9.40. The number of aliphatic imine (C=N–C) groups is 1. The molecule has 1 aromatic heterocycles. The Labute approximate surface area is 224 Å². The molecule has 0 radical (unpaired) electrons. The number of rotatable bonds is 2. The van der Waals surface area contributed by atoms with Gasteiger partial charge in [0.1, 0.15) is 16.9 Å². The average molecular weight is 507 g/mol. The van der Waals surface area contributed by atoms with E-state index < -0.39 is 0 Å². The number of hydrogen-bond acceptors (Lipinski definition) is 5.